The topological polar surface area (TPSA) is 41.7 Å². The van der Waals surface area contributed by atoms with Crippen LogP contribution in [0.5, 0.6) is 0 Å². The van der Waals surface area contributed by atoms with Crippen LogP contribution in [0.25, 0.3) is 0 Å². The van der Waals surface area contributed by atoms with Gasteiger partial charge in [-0.2, -0.15) is 0 Å². The van der Waals surface area contributed by atoms with Crippen molar-refractivity contribution < 1.29 is 4.74 Å². The van der Waals surface area contributed by atoms with Crippen molar-refractivity contribution >= 4 is 0 Å². The number of ether oxygens (including phenoxy) is 1. The molecule has 0 saturated carbocycles. The highest BCUT2D eigenvalue weighted by Gasteiger charge is 2.36. The minimum absolute atomic E-state index is 0.0988. The Hall–Kier alpha value is -0.160. The molecule has 0 amide bonds. The Morgan fingerprint density at radius 1 is 1.39 bits per heavy atom. The van der Waals surface area contributed by atoms with Gasteiger partial charge in [0.15, 0.2) is 0 Å². The second-order valence-corrected chi connectivity index (χ2v) is 6.21. The van der Waals surface area contributed by atoms with Gasteiger partial charge in [0, 0.05) is 19.7 Å². The van der Waals surface area contributed by atoms with E-state index in [9.17, 15) is 0 Å². The molecule has 0 spiro atoms. The molecule has 2 heterocycles. The van der Waals surface area contributed by atoms with E-state index in [2.05, 4.69) is 23.9 Å². The molecule has 4 heteroatoms. The fourth-order valence-electron chi connectivity index (χ4n) is 3.28. The lowest BCUT2D eigenvalue weighted by Crippen LogP contribution is -2.58. The van der Waals surface area contributed by atoms with E-state index in [0.29, 0.717) is 0 Å². The SMILES string of the molecule is CN1CCC(CN(C)C2(CN)CCCOC2)CC1. The van der Waals surface area contributed by atoms with Crippen LogP contribution in [0.2, 0.25) is 0 Å². The summed E-state index contributed by atoms with van der Waals surface area (Å²) in [7, 11) is 4.45. The average Bonchev–Trinajstić information content (AvgIpc) is 2.42. The molecule has 18 heavy (non-hydrogen) atoms. The minimum Gasteiger partial charge on any atom is -0.379 e. The first-order chi connectivity index (χ1) is 8.66. The Balaban J connectivity index is 1.87. The van der Waals surface area contributed by atoms with E-state index in [-0.39, 0.29) is 5.54 Å². The summed E-state index contributed by atoms with van der Waals surface area (Å²) >= 11 is 0. The number of likely N-dealkylation sites (N-methyl/N-ethyl adjacent to an activating group) is 1. The summed E-state index contributed by atoms with van der Waals surface area (Å²) in [5, 5.41) is 0. The van der Waals surface area contributed by atoms with Gasteiger partial charge in [-0.1, -0.05) is 0 Å². The zero-order chi connectivity index (χ0) is 13.0. The summed E-state index contributed by atoms with van der Waals surface area (Å²) in [5.74, 6) is 0.830. The maximum atomic E-state index is 6.04. The third-order valence-electron chi connectivity index (χ3n) is 4.86. The van der Waals surface area contributed by atoms with Crippen LogP contribution in [0.15, 0.2) is 0 Å². The monoisotopic (exact) mass is 255 g/mol. The van der Waals surface area contributed by atoms with Crippen LogP contribution in [0.3, 0.4) is 0 Å². The molecule has 1 atom stereocenters. The minimum atomic E-state index is 0.0988. The summed E-state index contributed by atoms with van der Waals surface area (Å²) in [6, 6.07) is 0. The normalized spacial score (nSPS) is 32.0. The number of nitrogens with two attached hydrogens (primary N) is 1. The predicted octanol–water partition coefficient (Wildman–Crippen LogP) is 0.768. The fraction of sp³-hybridized carbons (Fsp3) is 1.00. The molecule has 1 unspecified atom stereocenters. The first-order valence-electron chi connectivity index (χ1n) is 7.34. The number of likely N-dealkylation sites (tertiary alicyclic amines) is 1. The van der Waals surface area contributed by atoms with Crippen LogP contribution in [0.4, 0.5) is 0 Å². The lowest BCUT2D eigenvalue weighted by Gasteiger charge is -2.45. The van der Waals surface area contributed by atoms with Crippen molar-refractivity contribution in [2.75, 3.05) is 53.5 Å². The number of hydrogen-bond donors (Lipinski definition) is 1. The van der Waals surface area contributed by atoms with E-state index in [1.54, 1.807) is 0 Å². The van der Waals surface area contributed by atoms with Gasteiger partial charge >= 0.3 is 0 Å². The van der Waals surface area contributed by atoms with Crippen LogP contribution in [-0.2, 0) is 4.74 Å². The molecule has 0 radical (unpaired) electrons. The third-order valence-corrected chi connectivity index (χ3v) is 4.86. The van der Waals surface area contributed by atoms with Gasteiger partial charge in [-0.15, -0.1) is 0 Å². The standard InChI is InChI=1S/C14H29N3O/c1-16-7-4-13(5-8-16)10-17(2)14(11-15)6-3-9-18-12-14/h13H,3-12,15H2,1-2H3. The maximum Gasteiger partial charge on any atom is 0.0662 e. The zero-order valence-electron chi connectivity index (χ0n) is 12.0. The molecule has 0 bridgehead atoms. The predicted molar refractivity (Wildman–Crippen MR) is 74.7 cm³/mol. The van der Waals surface area contributed by atoms with Gasteiger partial charge in [0.25, 0.3) is 0 Å². The van der Waals surface area contributed by atoms with Crippen molar-refractivity contribution in [1.29, 1.82) is 0 Å². The highest BCUT2D eigenvalue weighted by atomic mass is 16.5. The van der Waals surface area contributed by atoms with Gasteiger partial charge in [0.05, 0.1) is 12.1 Å². The summed E-state index contributed by atoms with van der Waals surface area (Å²) in [6.07, 6.45) is 4.98. The Kier molecular flexibility index (Phi) is 5.01. The van der Waals surface area contributed by atoms with Crippen molar-refractivity contribution in [3.05, 3.63) is 0 Å². The van der Waals surface area contributed by atoms with E-state index < -0.39 is 0 Å². The molecular formula is C14H29N3O. The number of rotatable bonds is 4. The molecule has 0 aromatic rings. The van der Waals surface area contributed by atoms with Crippen LogP contribution >= 0.6 is 0 Å². The Morgan fingerprint density at radius 3 is 2.67 bits per heavy atom. The summed E-state index contributed by atoms with van der Waals surface area (Å²) in [5.41, 5.74) is 6.14. The first-order valence-corrected chi connectivity index (χ1v) is 7.34. The van der Waals surface area contributed by atoms with Gasteiger partial charge < -0.3 is 15.4 Å². The van der Waals surface area contributed by atoms with E-state index in [1.807, 2.05) is 0 Å². The van der Waals surface area contributed by atoms with Gasteiger partial charge in [-0.05, 0) is 58.8 Å². The molecule has 2 aliphatic rings. The quantitative estimate of drug-likeness (QED) is 0.805. The van der Waals surface area contributed by atoms with Gasteiger partial charge in [0.1, 0.15) is 0 Å². The van der Waals surface area contributed by atoms with Crippen LogP contribution in [-0.4, -0.2) is 68.8 Å². The Morgan fingerprint density at radius 2 is 2.11 bits per heavy atom. The summed E-state index contributed by atoms with van der Waals surface area (Å²) in [4.78, 5) is 4.92. The Bertz CT molecular complexity index is 245. The van der Waals surface area contributed by atoms with Crippen LogP contribution in [0.1, 0.15) is 25.7 Å². The van der Waals surface area contributed by atoms with Gasteiger partial charge in [-0.3, -0.25) is 4.90 Å². The highest BCUT2D eigenvalue weighted by Crippen LogP contribution is 2.27. The molecule has 2 rings (SSSR count). The first kappa shape index (κ1) is 14.3. The highest BCUT2D eigenvalue weighted by molar-refractivity contribution is 4.93. The molecule has 2 saturated heterocycles. The van der Waals surface area contributed by atoms with E-state index >= 15 is 0 Å². The second kappa shape index (κ2) is 6.33. The zero-order valence-corrected chi connectivity index (χ0v) is 12.0. The molecule has 2 fully saturated rings. The molecule has 0 aromatic heterocycles. The number of nitrogens with zero attached hydrogens (tertiary/aromatic N) is 2. The van der Waals surface area contributed by atoms with Crippen molar-refractivity contribution in [3.8, 4) is 0 Å². The van der Waals surface area contributed by atoms with Crippen molar-refractivity contribution in [2.24, 2.45) is 11.7 Å². The van der Waals surface area contributed by atoms with Gasteiger partial charge in [-0.25, -0.2) is 0 Å². The van der Waals surface area contributed by atoms with E-state index in [0.717, 1.165) is 32.1 Å². The van der Waals surface area contributed by atoms with Crippen molar-refractivity contribution in [2.45, 2.75) is 31.2 Å². The summed E-state index contributed by atoms with van der Waals surface area (Å²) < 4.78 is 5.67. The van der Waals surface area contributed by atoms with E-state index in [4.69, 9.17) is 10.5 Å². The Labute approximate surface area is 111 Å². The van der Waals surface area contributed by atoms with E-state index in [1.165, 1.54) is 38.9 Å². The molecule has 2 N–H and O–H groups in total. The molecule has 4 nitrogen and oxygen atoms in total. The summed E-state index contributed by atoms with van der Waals surface area (Å²) in [6.45, 7) is 6.09. The number of piperidine rings is 1. The van der Waals surface area contributed by atoms with Gasteiger partial charge in [0.2, 0.25) is 0 Å². The molecule has 2 aliphatic heterocycles. The van der Waals surface area contributed by atoms with Crippen molar-refractivity contribution in [1.82, 2.24) is 9.80 Å². The molecule has 106 valence electrons. The fourth-order valence-corrected chi connectivity index (χ4v) is 3.28. The number of hydrogen-bond acceptors (Lipinski definition) is 4. The maximum absolute atomic E-state index is 6.04. The lowest BCUT2D eigenvalue weighted by molar-refractivity contribution is -0.0417. The average molecular weight is 255 g/mol. The molecule has 0 aromatic carbocycles. The lowest BCUT2D eigenvalue weighted by atomic mass is 9.88. The molecule has 0 aliphatic carbocycles. The third kappa shape index (κ3) is 3.23. The smallest absolute Gasteiger partial charge is 0.0662 e. The van der Waals surface area contributed by atoms with Crippen LogP contribution < -0.4 is 5.73 Å². The largest absolute Gasteiger partial charge is 0.379 e. The molecular weight excluding hydrogens is 226 g/mol. The van der Waals surface area contributed by atoms with Crippen molar-refractivity contribution in [3.63, 3.8) is 0 Å². The van der Waals surface area contributed by atoms with Crippen LogP contribution in [0, 0.1) is 5.92 Å². The second-order valence-electron chi connectivity index (χ2n) is 6.21.